The van der Waals surface area contributed by atoms with Crippen LogP contribution in [0.5, 0.6) is 0 Å². The summed E-state index contributed by atoms with van der Waals surface area (Å²) in [5.41, 5.74) is 3.44. The molecule has 1 heterocycles. The lowest BCUT2D eigenvalue weighted by Gasteiger charge is -2.73. The lowest BCUT2D eigenvalue weighted by atomic mass is 9.32. The van der Waals surface area contributed by atoms with Crippen LogP contribution in [-0.2, 0) is 20.7 Å². The van der Waals surface area contributed by atoms with Gasteiger partial charge in [-0.1, -0.05) is 77.1 Å². The van der Waals surface area contributed by atoms with E-state index in [4.69, 9.17) is 4.74 Å². The van der Waals surface area contributed by atoms with Gasteiger partial charge in [0.05, 0.1) is 0 Å². The predicted octanol–water partition coefficient (Wildman–Crippen LogP) is 11.9. The minimum Gasteiger partial charge on any atom is -0.462 e. The molecule has 8 rings (SSSR count). The summed E-state index contributed by atoms with van der Waals surface area (Å²) in [7, 11) is 0. The van der Waals surface area contributed by atoms with Gasteiger partial charge in [-0.3, -0.25) is 9.59 Å². The van der Waals surface area contributed by atoms with E-state index in [0.717, 1.165) is 50.4 Å². The Hall–Kier alpha value is -1.94. The maximum absolute atomic E-state index is 15.1. The van der Waals surface area contributed by atoms with Crippen molar-refractivity contribution >= 4 is 11.8 Å². The molecule has 1 aromatic carbocycles. The summed E-state index contributed by atoms with van der Waals surface area (Å²) in [6.45, 7) is 25.1. The number of ether oxygens (including phenoxy) is 1. The number of esters is 1. The molecule has 0 radical (unpaired) electrons. The Morgan fingerprint density at radius 3 is 2.18 bits per heavy atom. The topological polar surface area (TPSA) is 46.6 Å². The molecule has 6 aliphatic carbocycles. The van der Waals surface area contributed by atoms with Crippen LogP contribution in [0.2, 0.25) is 0 Å². The molecule has 4 heteroatoms. The van der Waals surface area contributed by atoms with Gasteiger partial charge >= 0.3 is 5.97 Å². The van der Waals surface area contributed by atoms with E-state index in [-0.39, 0.29) is 39.1 Å². The van der Waals surface area contributed by atoms with Gasteiger partial charge in [0, 0.05) is 30.7 Å². The Morgan fingerprint density at radius 1 is 0.745 bits per heavy atom. The highest BCUT2D eigenvalue weighted by atomic mass is 16.5. The van der Waals surface area contributed by atoms with Crippen molar-refractivity contribution in [2.45, 2.75) is 164 Å². The molecule has 1 aromatic rings. The van der Waals surface area contributed by atoms with Gasteiger partial charge in [0.15, 0.2) is 0 Å². The summed E-state index contributed by atoms with van der Waals surface area (Å²) in [5.74, 6) is 5.48. The first-order chi connectivity index (χ1) is 26.1. The third-order valence-electron chi connectivity index (χ3n) is 19.6. The number of likely N-dealkylation sites (tertiary alicyclic amines) is 1. The molecule has 7 fully saturated rings. The molecule has 6 saturated carbocycles. The number of nitrogens with zero attached hydrogens (tertiary/aromatic N) is 1. The normalized spacial score (nSPS) is 44.1. The molecule has 0 N–H and O–H groups in total. The molecule has 1 saturated heterocycles. The van der Waals surface area contributed by atoms with Gasteiger partial charge in [0.25, 0.3) is 0 Å². The second-order valence-corrected chi connectivity index (χ2v) is 22.4. The summed E-state index contributed by atoms with van der Waals surface area (Å²) in [5, 5.41) is 0. The van der Waals surface area contributed by atoms with Crippen molar-refractivity contribution in [2.75, 3.05) is 19.6 Å². The number of Topliss-reactive ketones (excluding diaryl/α,β-unsaturated/α-hetero) is 1. The number of hydrogen-bond acceptors (Lipinski definition) is 4. The number of piperidine rings is 1. The number of ketones is 1. The van der Waals surface area contributed by atoms with Crippen molar-refractivity contribution < 1.29 is 14.3 Å². The average Bonchev–Trinajstić information content (AvgIpc) is 3.76. The third kappa shape index (κ3) is 6.65. The predicted molar refractivity (Wildman–Crippen MR) is 224 cm³/mol. The van der Waals surface area contributed by atoms with Gasteiger partial charge in [-0.2, -0.15) is 0 Å². The largest absolute Gasteiger partial charge is 0.462 e. The van der Waals surface area contributed by atoms with Gasteiger partial charge < -0.3 is 9.64 Å². The Balaban J connectivity index is 0.939. The lowest BCUT2D eigenvalue weighted by Crippen LogP contribution is -2.67. The first-order valence-corrected chi connectivity index (χ1v) is 23.2. The highest BCUT2D eigenvalue weighted by molar-refractivity contribution is 5.86. The first-order valence-electron chi connectivity index (χ1n) is 23.2. The van der Waals surface area contributed by atoms with Crippen LogP contribution >= 0.6 is 0 Å². The maximum atomic E-state index is 15.1. The Morgan fingerprint density at radius 2 is 1.47 bits per heavy atom. The van der Waals surface area contributed by atoms with E-state index in [2.05, 4.69) is 83.4 Å². The standard InChI is InChI=1S/C51H77NO3/c1-34(2)40-18-25-51(44(54)32-38-14-15-39(31-38)33-52-28-21-37(22-29-52)30-36-12-10-9-11-13-36)27-26-49(7)41(46(40)51)16-17-43-48(6)23-20-45(55-35(3)53)47(4,5)42(48)19-24-50(43,49)8/h9-13,37-43,45-46H,1,14-33H2,2-8H3/t38-,39?,40+,41-,42+,43-,45+,46-,48+,49-,50-,51-/m1/s1. The van der Waals surface area contributed by atoms with Crippen molar-refractivity contribution in [1.82, 2.24) is 4.90 Å². The number of rotatable bonds is 9. The van der Waals surface area contributed by atoms with E-state index in [0.29, 0.717) is 41.3 Å². The summed E-state index contributed by atoms with van der Waals surface area (Å²) < 4.78 is 6.01. The van der Waals surface area contributed by atoms with E-state index in [9.17, 15) is 4.79 Å². The minimum atomic E-state index is -0.138. The maximum Gasteiger partial charge on any atom is 0.302 e. The molecule has 4 nitrogen and oxygen atoms in total. The Kier molecular flexibility index (Phi) is 10.7. The van der Waals surface area contributed by atoms with Gasteiger partial charge in [-0.05, 0) is 192 Å². The van der Waals surface area contributed by atoms with Crippen molar-refractivity contribution in [2.24, 2.45) is 74.4 Å². The van der Waals surface area contributed by atoms with Crippen LogP contribution in [0, 0.1) is 74.4 Å². The Bertz CT molecular complexity index is 1590. The molecule has 304 valence electrons. The summed E-state index contributed by atoms with van der Waals surface area (Å²) in [4.78, 5) is 30.0. The number of carbonyl (C=O) groups is 2. The van der Waals surface area contributed by atoms with Crippen molar-refractivity contribution in [3.63, 3.8) is 0 Å². The van der Waals surface area contributed by atoms with E-state index in [1.54, 1.807) is 6.92 Å². The van der Waals surface area contributed by atoms with Crippen molar-refractivity contribution in [1.29, 1.82) is 0 Å². The van der Waals surface area contributed by atoms with Gasteiger partial charge in [0.1, 0.15) is 11.9 Å². The van der Waals surface area contributed by atoms with E-state index in [1.165, 1.54) is 101 Å². The number of hydrogen-bond donors (Lipinski definition) is 0. The zero-order valence-corrected chi connectivity index (χ0v) is 36.1. The zero-order valence-electron chi connectivity index (χ0n) is 36.1. The highest BCUT2D eigenvalue weighted by Gasteiger charge is 2.72. The number of fused-ring (bicyclic) bond motifs is 7. The van der Waals surface area contributed by atoms with Crippen LogP contribution in [0.3, 0.4) is 0 Å². The third-order valence-corrected chi connectivity index (χ3v) is 19.6. The summed E-state index contributed by atoms with van der Waals surface area (Å²) in [6.07, 6.45) is 20.3. The van der Waals surface area contributed by atoms with Crippen molar-refractivity contribution in [3.05, 3.63) is 48.0 Å². The quantitative estimate of drug-likeness (QED) is 0.186. The molecule has 12 atom stereocenters. The van der Waals surface area contributed by atoms with Crippen LogP contribution in [0.15, 0.2) is 42.5 Å². The molecule has 7 aliphatic rings. The number of carbonyl (C=O) groups excluding carboxylic acids is 2. The first kappa shape index (κ1) is 39.9. The molecular weight excluding hydrogens is 675 g/mol. The fourth-order valence-corrected chi connectivity index (χ4v) is 16.7. The summed E-state index contributed by atoms with van der Waals surface area (Å²) >= 11 is 0. The smallest absolute Gasteiger partial charge is 0.302 e. The minimum absolute atomic E-state index is 0.0129. The zero-order chi connectivity index (χ0) is 39.0. The molecule has 55 heavy (non-hydrogen) atoms. The molecule has 1 aliphatic heterocycles. The van der Waals surface area contributed by atoms with Crippen LogP contribution in [0.25, 0.3) is 0 Å². The fraction of sp³-hybridized carbons (Fsp3) is 0.804. The van der Waals surface area contributed by atoms with Crippen molar-refractivity contribution in [3.8, 4) is 0 Å². The average molecular weight is 752 g/mol. The van der Waals surface area contributed by atoms with E-state index >= 15 is 4.79 Å². The van der Waals surface area contributed by atoms with Crippen LogP contribution in [-0.4, -0.2) is 42.4 Å². The second-order valence-electron chi connectivity index (χ2n) is 22.4. The number of benzene rings is 1. The van der Waals surface area contributed by atoms with Crippen LogP contribution < -0.4 is 0 Å². The molecule has 0 amide bonds. The van der Waals surface area contributed by atoms with E-state index < -0.39 is 0 Å². The molecule has 0 spiro atoms. The SMILES string of the molecule is C=C(C)[C@@H]1CC[C@]2(C(=O)C[C@@H]3CCC(CN4CCC(Cc5ccccc5)CC4)C3)CC[C@]3(C)[C@H](CC[C@@H]4[C@@]5(C)CC[C@H](OC(C)=O)C(C)(C)[C@@H]5CC[C@]43C)[C@@H]12. The number of allylic oxidation sites excluding steroid dienone is 1. The van der Waals surface area contributed by atoms with Gasteiger partial charge in [0.2, 0.25) is 0 Å². The molecule has 0 bridgehead atoms. The van der Waals surface area contributed by atoms with Gasteiger partial charge in [-0.25, -0.2) is 0 Å². The van der Waals surface area contributed by atoms with Crippen LogP contribution in [0.1, 0.15) is 157 Å². The Labute approximate surface area is 335 Å². The monoisotopic (exact) mass is 752 g/mol. The molecule has 1 unspecified atom stereocenters. The molecule has 0 aromatic heterocycles. The lowest BCUT2D eigenvalue weighted by molar-refractivity contribution is -0.248. The fourth-order valence-electron chi connectivity index (χ4n) is 16.7. The van der Waals surface area contributed by atoms with Gasteiger partial charge in [-0.15, -0.1) is 0 Å². The van der Waals surface area contributed by atoms with Crippen LogP contribution in [0.4, 0.5) is 0 Å². The molecular formula is C51H77NO3. The highest BCUT2D eigenvalue weighted by Crippen LogP contribution is 2.78. The van der Waals surface area contributed by atoms with E-state index in [1.807, 2.05) is 0 Å². The summed E-state index contributed by atoms with van der Waals surface area (Å²) in [6, 6.07) is 11.1. The second kappa shape index (κ2) is 14.7.